The van der Waals surface area contributed by atoms with Crippen LogP contribution in [0.4, 0.5) is 18.9 Å². The van der Waals surface area contributed by atoms with Gasteiger partial charge >= 0.3 is 6.18 Å². The van der Waals surface area contributed by atoms with E-state index < -0.39 is 42.1 Å². The van der Waals surface area contributed by atoms with Crippen molar-refractivity contribution in [2.45, 2.75) is 57.3 Å². The number of hydrogen-bond donors (Lipinski definition) is 2. The minimum Gasteiger partial charge on any atom is -0.393 e. The number of guanidine groups is 1. The van der Waals surface area contributed by atoms with E-state index in [0.29, 0.717) is 30.5 Å². The van der Waals surface area contributed by atoms with Gasteiger partial charge in [0.05, 0.1) is 19.1 Å². The van der Waals surface area contributed by atoms with E-state index in [0.717, 1.165) is 10.5 Å². The fourth-order valence-electron chi connectivity index (χ4n) is 6.02. The molecular formula is C22H25F3N4O2. The average Bonchev–Trinajstić information content (AvgIpc) is 3.09. The molecule has 0 radical (unpaired) electrons. The molecule has 1 aromatic carbocycles. The number of rotatable bonds is 2. The number of nitrogens with zero attached hydrogens (tertiary/aromatic N) is 3. The van der Waals surface area contributed by atoms with Crippen LogP contribution in [0.25, 0.3) is 4.85 Å². The summed E-state index contributed by atoms with van der Waals surface area (Å²) in [5, 5.41) is 10.5. The lowest BCUT2D eigenvalue weighted by molar-refractivity contribution is -0.148. The molecule has 0 aromatic heterocycles. The summed E-state index contributed by atoms with van der Waals surface area (Å²) in [5.74, 6) is -1.03. The Morgan fingerprint density at radius 1 is 1.32 bits per heavy atom. The van der Waals surface area contributed by atoms with Gasteiger partial charge in [0.2, 0.25) is 0 Å². The highest BCUT2D eigenvalue weighted by Crippen LogP contribution is 2.63. The van der Waals surface area contributed by atoms with Crippen LogP contribution in [-0.4, -0.2) is 40.7 Å². The third kappa shape index (κ3) is 3.11. The summed E-state index contributed by atoms with van der Waals surface area (Å²) in [4.78, 5) is 22.8. The number of aliphatic imine (C=N–C) groups is 1. The minimum absolute atomic E-state index is 0.122. The summed E-state index contributed by atoms with van der Waals surface area (Å²) in [7, 11) is 0. The lowest BCUT2D eigenvalue weighted by Gasteiger charge is -2.49. The summed E-state index contributed by atoms with van der Waals surface area (Å²) >= 11 is 0. The zero-order valence-electron chi connectivity index (χ0n) is 17.4. The summed E-state index contributed by atoms with van der Waals surface area (Å²) < 4.78 is 38.7. The third-order valence-corrected chi connectivity index (χ3v) is 7.23. The molecule has 0 bridgehead atoms. The van der Waals surface area contributed by atoms with E-state index in [1.807, 2.05) is 13.8 Å². The summed E-state index contributed by atoms with van der Waals surface area (Å²) in [5.41, 5.74) is 5.60. The fraction of sp³-hybridized carbons (Fsp3) is 0.591. The average molecular weight is 434 g/mol. The first kappa shape index (κ1) is 21.6. The molecule has 3 N–H and O–H groups in total. The molecule has 1 amide bonds. The Morgan fingerprint density at radius 3 is 2.55 bits per heavy atom. The van der Waals surface area contributed by atoms with Crippen LogP contribution in [0.2, 0.25) is 0 Å². The van der Waals surface area contributed by atoms with E-state index in [-0.39, 0.29) is 17.8 Å². The molecule has 1 aromatic rings. The van der Waals surface area contributed by atoms with Gasteiger partial charge in [0.15, 0.2) is 17.2 Å². The van der Waals surface area contributed by atoms with Gasteiger partial charge in [-0.3, -0.25) is 9.69 Å². The second-order valence-corrected chi connectivity index (χ2v) is 9.27. The number of carbonyl (C=O) groups is 1. The van der Waals surface area contributed by atoms with Gasteiger partial charge < -0.3 is 10.8 Å². The zero-order valence-corrected chi connectivity index (χ0v) is 17.4. The number of halogens is 3. The molecule has 166 valence electrons. The van der Waals surface area contributed by atoms with Crippen molar-refractivity contribution in [2.24, 2.45) is 28.0 Å². The molecule has 1 saturated carbocycles. The molecule has 2 unspecified atom stereocenters. The standard InChI is InChI=1S/C22H25F3N4O2/c1-12-9-20(10-13(2)17(12)30)11-14-4-5-15(27-3)8-16(14)22(20)18(31)29(19(26)28-22)7-6-21(23,24)25/h4-5,8,12-13,17,30H,6-7,9-11H2,1-2H3,(H2,26,28)/t12-,13+,17?,20?,22-/m1/s1. The number of nitrogens with two attached hydrogens (primary N) is 1. The van der Waals surface area contributed by atoms with Gasteiger partial charge in [-0.15, -0.1) is 0 Å². The molecule has 0 saturated heterocycles. The maximum Gasteiger partial charge on any atom is 0.390 e. The van der Waals surface area contributed by atoms with E-state index in [1.54, 1.807) is 18.2 Å². The molecular weight excluding hydrogens is 409 g/mol. The largest absolute Gasteiger partial charge is 0.393 e. The second-order valence-electron chi connectivity index (χ2n) is 9.27. The smallest absolute Gasteiger partial charge is 0.390 e. The normalized spacial score (nSPS) is 34.9. The van der Waals surface area contributed by atoms with Gasteiger partial charge in [-0.25, -0.2) is 9.84 Å². The van der Waals surface area contributed by atoms with Gasteiger partial charge in [0.25, 0.3) is 5.91 Å². The van der Waals surface area contributed by atoms with Crippen molar-refractivity contribution in [3.8, 4) is 0 Å². The number of benzene rings is 1. The predicted octanol–water partition coefficient (Wildman–Crippen LogP) is 3.51. The van der Waals surface area contributed by atoms with Gasteiger partial charge in [-0.05, 0) is 42.2 Å². The minimum atomic E-state index is -4.43. The lowest BCUT2D eigenvalue weighted by atomic mass is 9.56. The molecule has 1 fully saturated rings. The highest BCUT2D eigenvalue weighted by Gasteiger charge is 2.68. The number of aliphatic hydroxyl groups is 1. The van der Waals surface area contributed by atoms with Crippen LogP contribution in [0.3, 0.4) is 0 Å². The van der Waals surface area contributed by atoms with Gasteiger partial charge in [0, 0.05) is 12.0 Å². The van der Waals surface area contributed by atoms with E-state index in [1.165, 1.54) is 0 Å². The number of aliphatic hydroxyl groups excluding tert-OH is 1. The quantitative estimate of drug-likeness (QED) is 0.699. The molecule has 1 heterocycles. The second kappa shape index (κ2) is 6.95. The number of alkyl halides is 3. The zero-order chi connectivity index (χ0) is 22.8. The number of fused-ring (bicyclic) bond motifs is 3. The molecule has 4 rings (SSSR count). The maximum atomic E-state index is 13.8. The van der Waals surface area contributed by atoms with E-state index in [9.17, 15) is 23.1 Å². The highest BCUT2D eigenvalue weighted by molar-refractivity contribution is 6.08. The highest BCUT2D eigenvalue weighted by atomic mass is 19.4. The van der Waals surface area contributed by atoms with Crippen LogP contribution in [0.15, 0.2) is 23.2 Å². The Bertz CT molecular complexity index is 987. The van der Waals surface area contributed by atoms with Crippen LogP contribution in [-0.2, 0) is 16.8 Å². The molecule has 2 spiro atoms. The molecule has 6 nitrogen and oxygen atoms in total. The van der Waals surface area contributed by atoms with Crippen LogP contribution in [0, 0.1) is 23.8 Å². The Balaban J connectivity index is 1.86. The van der Waals surface area contributed by atoms with Crippen molar-refractivity contribution in [2.75, 3.05) is 6.54 Å². The number of carbonyl (C=O) groups excluding carboxylic acids is 1. The fourth-order valence-corrected chi connectivity index (χ4v) is 6.02. The molecule has 1 aliphatic heterocycles. The van der Waals surface area contributed by atoms with Crippen LogP contribution in [0.5, 0.6) is 0 Å². The van der Waals surface area contributed by atoms with Crippen molar-refractivity contribution in [1.82, 2.24) is 4.90 Å². The number of hydrogen-bond acceptors (Lipinski definition) is 4. The first-order valence-corrected chi connectivity index (χ1v) is 10.4. The summed E-state index contributed by atoms with van der Waals surface area (Å²) in [6.07, 6.45) is -4.69. The molecule has 3 aliphatic rings. The monoisotopic (exact) mass is 434 g/mol. The van der Waals surface area contributed by atoms with E-state index >= 15 is 0 Å². The Hall–Kier alpha value is -2.60. The Morgan fingerprint density at radius 2 is 1.97 bits per heavy atom. The third-order valence-electron chi connectivity index (χ3n) is 7.23. The maximum absolute atomic E-state index is 13.8. The Labute approximate surface area is 178 Å². The molecule has 31 heavy (non-hydrogen) atoms. The van der Waals surface area contributed by atoms with Crippen LogP contribution < -0.4 is 5.73 Å². The summed E-state index contributed by atoms with van der Waals surface area (Å²) in [6.45, 7) is 10.6. The van der Waals surface area contributed by atoms with Crippen molar-refractivity contribution in [3.05, 3.63) is 40.7 Å². The predicted molar refractivity (Wildman–Crippen MR) is 108 cm³/mol. The number of amides is 1. The summed E-state index contributed by atoms with van der Waals surface area (Å²) in [6, 6.07) is 5.10. The SMILES string of the molecule is [C-]#[N+]c1ccc2c(c1)[C@]1(N=C(N)N(CCC(F)(F)F)C1=O)C1(C2)C[C@@H](C)C(O)[C@@H](C)C1. The van der Waals surface area contributed by atoms with E-state index in [2.05, 4.69) is 9.84 Å². The van der Waals surface area contributed by atoms with Crippen LogP contribution in [0.1, 0.15) is 44.2 Å². The van der Waals surface area contributed by atoms with Crippen molar-refractivity contribution >= 4 is 17.6 Å². The Kier molecular flexibility index (Phi) is 4.85. The van der Waals surface area contributed by atoms with Crippen molar-refractivity contribution in [3.63, 3.8) is 0 Å². The molecule has 2 aliphatic carbocycles. The lowest BCUT2D eigenvalue weighted by Crippen LogP contribution is -2.55. The van der Waals surface area contributed by atoms with Crippen molar-refractivity contribution < 1.29 is 23.1 Å². The van der Waals surface area contributed by atoms with Crippen molar-refractivity contribution in [1.29, 1.82) is 0 Å². The van der Waals surface area contributed by atoms with Gasteiger partial charge in [-0.1, -0.05) is 32.0 Å². The topological polar surface area (TPSA) is 83.3 Å². The first-order valence-electron chi connectivity index (χ1n) is 10.4. The first-order chi connectivity index (χ1) is 14.4. The molecule has 5 atom stereocenters. The van der Waals surface area contributed by atoms with Crippen LogP contribution >= 0.6 is 0 Å². The molecule has 9 heteroatoms. The van der Waals surface area contributed by atoms with E-state index in [4.69, 9.17) is 12.3 Å². The van der Waals surface area contributed by atoms with Gasteiger partial charge in [0.1, 0.15) is 0 Å². The van der Waals surface area contributed by atoms with Gasteiger partial charge in [-0.2, -0.15) is 13.2 Å².